The first-order valence-electron chi connectivity index (χ1n) is 13.2. The van der Waals surface area contributed by atoms with Gasteiger partial charge in [-0.1, -0.05) is 20.8 Å². The summed E-state index contributed by atoms with van der Waals surface area (Å²) in [5.41, 5.74) is 6.62. The van der Waals surface area contributed by atoms with Crippen LogP contribution in [0.5, 0.6) is 0 Å². The van der Waals surface area contributed by atoms with E-state index in [4.69, 9.17) is 24.4 Å². The van der Waals surface area contributed by atoms with Crippen molar-refractivity contribution in [2.75, 3.05) is 12.3 Å². The predicted octanol–water partition coefficient (Wildman–Crippen LogP) is 2.89. The van der Waals surface area contributed by atoms with E-state index < -0.39 is 44.8 Å². The van der Waals surface area contributed by atoms with Gasteiger partial charge in [-0.25, -0.2) is 15.0 Å². The number of fused-ring (bicyclic) bond motifs is 1. The van der Waals surface area contributed by atoms with Crippen LogP contribution < -0.4 is 5.73 Å². The molecular weight excluding hydrogens is 538 g/mol. The minimum Gasteiger partial charge on any atom is -0.455 e. The molecule has 0 amide bonds. The minimum atomic E-state index is -2.26. The van der Waals surface area contributed by atoms with Crippen molar-refractivity contribution in [2.24, 2.45) is 0 Å². The van der Waals surface area contributed by atoms with Crippen LogP contribution in [0, 0.1) is 0 Å². The molecule has 0 saturated carbocycles. The molecule has 3 heterocycles. The first kappa shape index (κ1) is 31.3. The van der Waals surface area contributed by atoms with Crippen LogP contribution in [-0.2, 0) is 37.8 Å². The highest BCUT2D eigenvalue weighted by molar-refractivity contribution is 6.74. The van der Waals surface area contributed by atoms with Gasteiger partial charge in [-0.15, -0.1) is 0 Å². The van der Waals surface area contributed by atoms with Crippen LogP contribution >= 0.6 is 0 Å². The van der Waals surface area contributed by atoms with Crippen LogP contribution in [0.4, 0.5) is 5.82 Å². The molecule has 3 rings (SSSR count). The number of imidazole rings is 1. The molecular formula is C26H39N5O8Si. The Balaban J connectivity index is 2.00. The normalized spacial score (nSPS) is 21.4. The molecule has 4 atom stereocenters. The molecule has 0 spiro atoms. The summed E-state index contributed by atoms with van der Waals surface area (Å²) in [4.78, 5) is 61.1. The van der Waals surface area contributed by atoms with Crippen molar-refractivity contribution in [3.05, 3.63) is 12.7 Å². The van der Waals surface area contributed by atoms with Crippen molar-refractivity contribution in [1.29, 1.82) is 0 Å². The third-order valence-electron chi connectivity index (χ3n) is 7.26. The number of nitrogens with two attached hydrogens (primary N) is 1. The predicted molar refractivity (Wildman–Crippen MR) is 146 cm³/mol. The van der Waals surface area contributed by atoms with E-state index in [-0.39, 0.29) is 54.7 Å². The fourth-order valence-electron chi connectivity index (χ4n) is 3.87. The third kappa shape index (κ3) is 7.49. The molecule has 1 aliphatic rings. The number of hydrogen-bond acceptors (Lipinski definition) is 12. The number of aromatic nitrogens is 4. The lowest BCUT2D eigenvalue weighted by Crippen LogP contribution is -2.46. The van der Waals surface area contributed by atoms with Gasteiger partial charge in [0.05, 0.1) is 25.8 Å². The Hall–Kier alpha value is -3.23. The van der Waals surface area contributed by atoms with E-state index in [0.29, 0.717) is 11.2 Å². The lowest BCUT2D eigenvalue weighted by Gasteiger charge is -2.37. The van der Waals surface area contributed by atoms with Gasteiger partial charge in [0.2, 0.25) is 0 Å². The number of hydrogen-bond donors (Lipinski definition) is 1. The molecule has 220 valence electrons. The maximum absolute atomic E-state index is 12.8. The molecule has 14 heteroatoms. The van der Waals surface area contributed by atoms with Gasteiger partial charge in [0, 0.05) is 12.8 Å². The SMILES string of the molecule is CC(=O)CCC(=O)O[C@@H]1C(CO[Si](C)(C)C(C)(C)C)OC(n2cnc3c(N)ncnc32)[C@H]1OC(=O)CCC(C)=O. The Labute approximate surface area is 234 Å². The topological polar surface area (TPSA) is 175 Å². The van der Waals surface area contributed by atoms with Gasteiger partial charge >= 0.3 is 11.9 Å². The molecule has 2 aromatic rings. The van der Waals surface area contributed by atoms with Gasteiger partial charge < -0.3 is 34.0 Å². The number of nitrogens with zero attached hydrogens (tertiary/aromatic N) is 4. The molecule has 1 aliphatic heterocycles. The molecule has 1 fully saturated rings. The average Bonchev–Trinajstić information content (AvgIpc) is 3.42. The Morgan fingerprint density at radius 2 is 1.52 bits per heavy atom. The zero-order valence-corrected chi connectivity index (χ0v) is 25.1. The number of rotatable bonds is 12. The van der Waals surface area contributed by atoms with Gasteiger partial charge in [-0.05, 0) is 32.0 Å². The number of anilines is 1. The summed E-state index contributed by atoms with van der Waals surface area (Å²) < 4.78 is 25.9. The van der Waals surface area contributed by atoms with E-state index in [9.17, 15) is 19.2 Å². The number of ketones is 2. The highest BCUT2D eigenvalue weighted by Crippen LogP contribution is 2.40. The molecule has 13 nitrogen and oxygen atoms in total. The summed E-state index contributed by atoms with van der Waals surface area (Å²) in [5, 5.41) is -0.105. The summed E-state index contributed by atoms with van der Waals surface area (Å²) in [6.45, 7) is 13.3. The first-order valence-corrected chi connectivity index (χ1v) is 16.1. The van der Waals surface area contributed by atoms with Gasteiger partial charge in [0.1, 0.15) is 29.5 Å². The van der Waals surface area contributed by atoms with Crippen LogP contribution in [-0.4, -0.2) is 76.3 Å². The number of esters is 2. The van der Waals surface area contributed by atoms with Crippen molar-refractivity contribution in [2.45, 2.75) is 103 Å². The van der Waals surface area contributed by atoms with Crippen molar-refractivity contribution >= 4 is 48.8 Å². The number of Topliss-reactive ketones (excluding diaryl/α,β-unsaturated/α-hetero) is 2. The fraction of sp³-hybridized carbons (Fsp3) is 0.654. The number of nitrogen functional groups attached to an aromatic ring is 1. The first-order chi connectivity index (χ1) is 18.6. The van der Waals surface area contributed by atoms with Gasteiger partial charge in [-0.2, -0.15) is 0 Å². The molecule has 0 radical (unpaired) electrons. The summed E-state index contributed by atoms with van der Waals surface area (Å²) >= 11 is 0. The van der Waals surface area contributed by atoms with Crippen LogP contribution in [0.1, 0.15) is 66.5 Å². The molecule has 0 aliphatic carbocycles. The molecule has 40 heavy (non-hydrogen) atoms. The van der Waals surface area contributed by atoms with E-state index in [0.717, 1.165) is 0 Å². The van der Waals surface area contributed by atoms with Crippen molar-refractivity contribution in [1.82, 2.24) is 19.5 Å². The third-order valence-corrected chi connectivity index (χ3v) is 11.8. The molecule has 0 aromatic carbocycles. The van der Waals surface area contributed by atoms with Crippen LogP contribution in [0.3, 0.4) is 0 Å². The second-order valence-corrected chi connectivity index (χ2v) is 16.3. The minimum absolute atomic E-state index is 0.00415. The molecule has 2 N–H and O–H groups in total. The zero-order chi connectivity index (χ0) is 29.8. The van der Waals surface area contributed by atoms with Crippen LogP contribution in [0.15, 0.2) is 12.7 Å². The summed E-state index contributed by atoms with van der Waals surface area (Å²) in [5.74, 6) is -1.49. The van der Waals surface area contributed by atoms with E-state index in [1.54, 1.807) is 4.57 Å². The number of ether oxygens (including phenoxy) is 3. The maximum atomic E-state index is 12.8. The zero-order valence-electron chi connectivity index (χ0n) is 24.1. The lowest BCUT2D eigenvalue weighted by atomic mass is 10.1. The summed E-state index contributed by atoms with van der Waals surface area (Å²) in [6.07, 6.45) is -1.65. The lowest BCUT2D eigenvalue weighted by molar-refractivity contribution is -0.169. The average molecular weight is 578 g/mol. The quantitative estimate of drug-likeness (QED) is 0.289. The molecule has 2 unspecified atom stereocenters. The maximum Gasteiger partial charge on any atom is 0.306 e. The van der Waals surface area contributed by atoms with Crippen LogP contribution in [0.2, 0.25) is 18.1 Å². The molecule has 0 bridgehead atoms. The Bertz CT molecular complexity index is 1260. The van der Waals surface area contributed by atoms with Crippen molar-refractivity contribution < 1.29 is 37.8 Å². The standard InChI is InChI=1S/C26H39N5O8Si/c1-15(32)8-10-18(34)38-21-17(12-36-40(6,7)26(3,4)5)37-25(22(21)39-19(35)11-9-16(2)33)31-14-30-20-23(27)28-13-29-24(20)31/h13-14,17,21-22,25H,8-12H2,1-7H3,(H2,27,28,29)/t17?,21-,22+,25?/m1/s1. The highest BCUT2D eigenvalue weighted by atomic mass is 28.4. The Kier molecular flexibility index (Phi) is 9.79. The van der Waals surface area contributed by atoms with Gasteiger partial charge in [0.25, 0.3) is 0 Å². The number of carbonyl (C=O) groups is 4. The van der Waals surface area contributed by atoms with E-state index in [2.05, 4.69) is 48.8 Å². The second-order valence-electron chi connectivity index (χ2n) is 11.5. The summed E-state index contributed by atoms with van der Waals surface area (Å²) in [6, 6.07) is 0. The van der Waals surface area contributed by atoms with Crippen molar-refractivity contribution in [3.8, 4) is 0 Å². The van der Waals surface area contributed by atoms with Gasteiger partial charge in [-0.3, -0.25) is 14.2 Å². The van der Waals surface area contributed by atoms with E-state index in [1.807, 2.05) is 0 Å². The smallest absolute Gasteiger partial charge is 0.306 e. The molecule has 1 saturated heterocycles. The largest absolute Gasteiger partial charge is 0.455 e. The highest BCUT2D eigenvalue weighted by Gasteiger charge is 2.52. The second kappa shape index (κ2) is 12.5. The van der Waals surface area contributed by atoms with Crippen molar-refractivity contribution in [3.63, 3.8) is 0 Å². The van der Waals surface area contributed by atoms with Crippen LogP contribution in [0.25, 0.3) is 11.2 Å². The van der Waals surface area contributed by atoms with E-state index in [1.165, 1.54) is 26.5 Å². The summed E-state index contributed by atoms with van der Waals surface area (Å²) in [7, 11) is -2.26. The molecule has 2 aromatic heterocycles. The Morgan fingerprint density at radius 1 is 0.950 bits per heavy atom. The van der Waals surface area contributed by atoms with Gasteiger partial charge in [0.15, 0.2) is 38.2 Å². The Morgan fingerprint density at radius 3 is 2.08 bits per heavy atom. The number of carbonyl (C=O) groups excluding carboxylic acids is 4. The fourth-order valence-corrected chi connectivity index (χ4v) is 4.89. The monoisotopic (exact) mass is 577 g/mol. The van der Waals surface area contributed by atoms with E-state index >= 15 is 0 Å².